The van der Waals surface area contributed by atoms with Gasteiger partial charge in [0.25, 0.3) is 0 Å². The molecule has 102 valence electrons. The summed E-state index contributed by atoms with van der Waals surface area (Å²) in [5, 5.41) is 7.81. The number of anilines is 1. The van der Waals surface area contributed by atoms with Gasteiger partial charge in [0.15, 0.2) is 5.65 Å². The SMILES string of the molecule is CCc1cccc(NCc2cnc3cc(C)nn3c2)c1. The van der Waals surface area contributed by atoms with E-state index in [1.54, 1.807) is 0 Å². The third-order valence-electron chi connectivity index (χ3n) is 3.32. The average Bonchev–Trinajstić information content (AvgIpc) is 2.84. The van der Waals surface area contributed by atoms with E-state index < -0.39 is 0 Å². The highest BCUT2D eigenvalue weighted by molar-refractivity contribution is 5.46. The molecule has 0 radical (unpaired) electrons. The Kier molecular flexibility index (Phi) is 3.37. The van der Waals surface area contributed by atoms with E-state index in [1.807, 2.05) is 29.9 Å². The monoisotopic (exact) mass is 266 g/mol. The molecule has 0 saturated heterocycles. The van der Waals surface area contributed by atoms with Gasteiger partial charge in [0, 0.05) is 36.3 Å². The number of hydrogen-bond donors (Lipinski definition) is 1. The Balaban J connectivity index is 1.75. The molecule has 2 aromatic heterocycles. The molecule has 0 aliphatic rings. The third-order valence-corrected chi connectivity index (χ3v) is 3.32. The van der Waals surface area contributed by atoms with Crippen LogP contribution >= 0.6 is 0 Å². The summed E-state index contributed by atoms with van der Waals surface area (Å²) in [6.45, 7) is 4.88. The first kappa shape index (κ1) is 12.7. The van der Waals surface area contributed by atoms with Gasteiger partial charge in [-0.1, -0.05) is 19.1 Å². The predicted molar refractivity (Wildman–Crippen MR) is 80.9 cm³/mol. The molecule has 1 N–H and O–H groups in total. The van der Waals surface area contributed by atoms with Crippen LogP contribution in [0.4, 0.5) is 5.69 Å². The van der Waals surface area contributed by atoms with Crippen molar-refractivity contribution in [2.45, 2.75) is 26.8 Å². The second kappa shape index (κ2) is 5.33. The molecule has 4 heteroatoms. The summed E-state index contributed by atoms with van der Waals surface area (Å²) in [5.74, 6) is 0. The van der Waals surface area contributed by atoms with Gasteiger partial charge in [-0.05, 0) is 31.0 Å². The topological polar surface area (TPSA) is 42.2 Å². The maximum absolute atomic E-state index is 4.41. The van der Waals surface area contributed by atoms with Crippen LogP contribution in [0.3, 0.4) is 0 Å². The number of aromatic nitrogens is 3. The Labute approximate surface area is 118 Å². The third kappa shape index (κ3) is 2.64. The molecule has 2 heterocycles. The predicted octanol–water partition coefficient (Wildman–Crippen LogP) is 3.21. The molecule has 0 saturated carbocycles. The lowest BCUT2D eigenvalue weighted by atomic mass is 10.1. The van der Waals surface area contributed by atoms with Gasteiger partial charge in [0.1, 0.15) is 0 Å². The van der Waals surface area contributed by atoms with E-state index in [0.717, 1.165) is 35.6 Å². The van der Waals surface area contributed by atoms with E-state index in [0.29, 0.717) is 0 Å². The molecular formula is C16H18N4. The molecule has 0 bridgehead atoms. The average molecular weight is 266 g/mol. The molecule has 0 amide bonds. The molecule has 4 nitrogen and oxygen atoms in total. The Morgan fingerprint density at radius 1 is 1.20 bits per heavy atom. The molecule has 0 atom stereocenters. The summed E-state index contributed by atoms with van der Waals surface area (Å²) in [7, 11) is 0. The Hall–Kier alpha value is -2.36. The van der Waals surface area contributed by atoms with Gasteiger partial charge in [0.2, 0.25) is 0 Å². The number of aryl methyl sites for hydroxylation is 2. The quantitative estimate of drug-likeness (QED) is 0.788. The van der Waals surface area contributed by atoms with Gasteiger partial charge in [-0.15, -0.1) is 0 Å². The molecule has 0 fully saturated rings. The lowest BCUT2D eigenvalue weighted by molar-refractivity contribution is 0.895. The maximum atomic E-state index is 4.41. The van der Waals surface area contributed by atoms with Crippen LogP contribution in [-0.2, 0) is 13.0 Å². The van der Waals surface area contributed by atoms with Crippen LogP contribution < -0.4 is 5.32 Å². The fourth-order valence-electron chi connectivity index (χ4n) is 2.23. The van der Waals surface area contributed by atoms with E-state index in [-0.39, 0.29) is 0 Å². The zero-order valence-electron chi connectivity index (χ0n) is 11.8. The highest BCUT2D eigenvalue weighted by Crippen LogP contribution is 2.13. The number of nitrogens with one attached hydrogen (secondary N) is 1. The molecule has 0 aliphatic heterocycles. The zero-order valence-corrected chi connectivity index (χ0v) is 11.8. The van der Waals surface area contributed by atoms with Crippen LogP contribution in [-0.4, -0.2) is 14.6 Å². The highest BCUT2D eigenvalue weighted by atomic mass is 15.2. The summed E-state index contributed by atoms with van der Waals surface area (Å²) in [5.41, 5.74) is 5.47. The summed E-state index contributed by atoms with van der Waals surface area (Å²) >= 11 is 0. The first-order valence-corrected chi connectivity index (χ1v) is 6.88. The van der Waals surface area contributed by atoms with Gasteiger partial charge in [0.05, 0.1) is 5.69 Å². The van der Waals surface area contributed by atoms with Gasteiger partial charge in [-0.2, -0.15) is 5.10 Å². The fraction of sp³-hybridized carbons (Fsp3) is 0.250. The van der Waals surface area contributed by atoms with Crippen molar-refractivity contribution in [1.82, 2.24) is 14.6 Å². The minimum Gasteiger partial charge on any atom is -0.381 e. The van der Waals surface area contributed by atoms with Crippen molar-refractivity contribution in [2.24, 2.45) is 0 Å². The van der Waals surface area contributed by atoms with Crippen LogP contribution in [0, 0.1) is 6.92 Å². The van der Waals surface area contributed by atoms with Crippen LogP contribution in [0.1, 0.15) is 23.7 Å². The van der Waals surface area contributed by atoms with E-state index in [2.05, 4.69) is 46.6 Å². The molecule has 1 aromatic carbocycles. The van der Waals surface area contributed by atoms with Crippen molar-refractivity contribution < 1.29 is 0 Å². The molecule has 0 unspecified atom stereocenters. The van der Waals surface area contributed by atoms with Crippen molar-refractivity contribution in [3.8, 4) is 0 Å². The lowest BCUT2D eigenvalue weighted by Crippen LogP contribution is -2.02. The zero-order chi connectivity index (χ0) is 13.9. The first-order chi connectivity index (χ1) is 9.74. The van der Waals surface area contributed by atoms with Gasteiger partial charge in [-0.25, -0.2) is 9.50 Å². The second-order valence-corrected chi connectivity index (χ2v) is 4.96. The number of nitrogens with zero attached hydrogens (tertiary/aromatic N) is 3. The lowest BCUT2D eigenvalue weighted by Gasteiger charge is -2.08. The summed E-state index contributed by atoms with van der Waals surface area (Å²) in [4.78, 5) is 4.41. The standard InChI is InChI=1S/C16H18N4/c1-3-13-5-4-6-15(8-13)17-9-14-10-18-16-7-12(2)19-20(16)11-14/h4-8,10-11,17H,3,9H2,1-2H3. The fourth-order valence-corrected chi connectivity index (χ4v) is 2.23. The molecule has 20 heavy (non-hydrogen) atoms. The molecular weight excluding hydrogens is 248 g/mol. The van der Waals surface area contributed by atoms with Crippen molar-refractivity contribution >= 4 is 11.3 Å². The second-order valence-electron chi connectivity index (χ2n) is 4.96. The summed E-state index contributed by atoms with van der Waals surface area (Å²) in [6.07, 6.45) is 4.97. The van der Waals surface area contributed by atoms with Crippen LogP contribution in [0.2, 0.25) is 0 Å². The van der Waals surface area contributed by atoms with E-state index >= 15 is 0 Å². The largest absolute Gasteiger partial charge is 0.381 e. The first-order valence-electron chi connectivity index (χ1n) is 6.88. The summed E-state index contributed by atoms with van der Waals surface area (Å²) in [6, 6.07) is 10.5. The van der Waals surface area contributed by atoms with Gasteiger partial charge in [-0.3, -0.25) is 0 Å². The van der Waals surface area contributed by atoms with Crippen molar-refractivity contribution in [3.63, 3.8) is 0 Å². The minimum atomic E-state index is 0.745. The maximum Gasteiger partial charge on any atom is 0.155 e. The van der Waals surface area contributed by atoms with Crippen LogP contribution in [0.25, 0.3) is 5.65 Å². The van der Waals surface area contributed by atoms with Gasteiger partial charge >= 0.3 is 0 Å². The van der Waals surface area contributed by atoms with Crippen LogP contribution in [0.5, 0.6) is 0 Å². The Morgan fingerprint density at radius 2 is 2.10 bits per heavy atom. The van der Waals surface area contributed by atoms with Crippen molar-refractivity contribution in [2.75, 3.05) is 5.32 Å². The van der Waals surface area contributed by atoms with Crippen molar-refractivity contribution in [1.29, 1.82) is 0 Å². The Bertz CT molecular complexity index is 730. The number of benzene rings is 1. The van der Waals surface area contributed by atoms with E-state index in [4.69, 9.17) is 0 Å². The Morgan fingerprint density at radius 3 is 2.95 bits per heavy atom. The smallest absolute Gasteiger partial charge is 0.155 e. The van der Waals surface area contributed by atoms with Gasteiger partial charge < -0.3 is 5.32 Å². The van der Waals surface area contributed by atoms with Crippen molar-refractivity contribution in [3.05, 3.63) is 59.5 Å². The van der Waals surface area contributed by atoms with E-state index in [9.17, 15) is 0 Å². The number of hydrogen-bond acceptors (Lipinski definition) is 3. The molecule has 3 rings (SSSR count). The summed E-state index contributed by atoms with van der Waals surface area (Å²) < 4.78 is 1.83. The minimum absolute atomic E-state index is 0.745. The van der Waals surface area contributed by atoms with Crippen LogP contribution in [0.15, 0.2) is 42.7 Å². The number of fused-ring (bicyclic) bond motifs is 1. The molecule has 0 spiro atoms. The number of rotatable bonds is 4. The molecule has 0 aliphatic carbocycles. The molecule has 3 aromatic rings. The van der Waals surface area contributed by atoms with E-state index in [1.165, 1.54) is 5.56 Å². The normalized spacial score (nSPS) is 10.9. The highest BCUT2D eigenvalue weighted by Gasteiger charge is 2.01.